The number of hydrogen-bond donors (Lipinski definition) is 0. The summed E-state index contributed by atoms with van der Waals surface area (Å²) in [5, 5.41) is 0. The lowest BCUT2D eigenvalue weighted by molar-refractivity contribution is 0.408. The molecule has 0 N–H and O–H groups in total. The van der Waals surface area contributed by atoms with Gasteiger partial charge in [-0.15, -0.1) is 0 Å². The number of hydrogen-bond acceptors (Lipinski definition) is 2. The van der Waals surface area contributed by atoms with Crippen molar-refractivity contribution in [2.75, 3.05) is 23.9 Å². The average molecular weight is 567 g/mol. The molecule has 0 aromatic heterocycles. The molecule has 1 aliphatic carbocycles. The van der Waals surface area contributed by atoms with E-state index in [2.05, 4.69) is 171 Å². The highest BCUT2D eigenvalue weighted by atomic mass is 15.1. The number of anilines is 4. The molecule has 212 valence electrons. The van der Waals surface area contributed by atoms with Crippen molar-refractivity contribution >= 4 is 22.7 Å². The van der Waals surface area contributed by atoms with Crippen molar-refractivity contribution in [2.24, 2.45) is 0 Å². The molecule has 2 nitrogen and oxygen atoms in total. The summed E-state index contributed by atoms with van der Waals surface area (Å²) < 4.78 is 0. The maximum Gasteiger partial charge on any atom is 0.0678 e. The molecule has 3 aliphatic rings. The molecule has 6 aromatic rings. The molecule has 0 radical (unpaired) electrons. The van der Waals surface area contributed by atoms with Gasteiger partial charge in [0.25, 0.3) is 0 Å². The Balaban J connectivity index is 1.66. The highest BCUT2D eigenvalue weighted by Gasteiger charge is 2.66. The SMILES string of the molecule is Cc1cccc2c1-c1c(C)cccc1C1(c3ccccc3N(C)c3ccccc31)C21c2ccccc2N(C)c2ccccc21. The molecule has 2 aliphatic heterocycles. The molecular weight excluding hydrogens is 532 g/mol. The Morgan fingerprint density at radius 1 is 0.341 bits per heavy atom. The summed E-state index contributed by atoms with van der Waals surface area (Å²) in [5.41, 5.74) is 17.4. The fraction of sp³-hybridized carbons (Fsp3) is 0.143. The number of rotatable bonds is 0. The highest BCUT2D eigenvalue weighted by molar-refractivity contribution is 5.97. The third-order valence-corrected chi connectivity index (χ3v) is 10.8. The number of nitrogens with zero attached hydrogens (tertiary/aromatic N) is 2. The van der Waals surface area contributed by atoms with Gasteiger partial charge in [0.15, 0.2) is 0 Å². The fourth-order valence-electron chi connectivity index (χ4n) is 9.30. The first-order valence-electron chi connectivity index (χ1n) is 15.6. The zero-order valence-corrected chi connectivity index (χ0v) is 25.6. The van der Waals surface area contributed by atoms with Crippen molar-refractivity contribution in [3.63, 3.8) is 0 Å². The monoisotopic (exact) mass is 566 g/mol. The summed E-state index contributed by atoms with van der Waals surface area (Å²) in [4.78, 5) is 4.80. The van der Waals surface area contributed by atoms with Crippen molar-refractivity contribution in [2.45, 2.75) is 24.7 Å². The Hall–Kier alpha value is -5.08. The minimum atomic E-state index is -0.567. The number of aryl methyl sites for hydroxylation is 2. The molecule has 9 rings (SSSR count). The van der Waals surface area contributed by atoms with E-state index < -0.39 is 10.8 Å². The van der Waals surface area contributed by atoms with Gasteiger partial charge in [0.05, 0.1) is 10.8 Å². The van der Waals surface area contributed by atoms with E-state index >= 15 is 0 Å². The molecular formula is C42H34N2. The molecule has 2 spiro atoms. The van der Waals surface area contributed by atoms with Crippen LogP contribution < -0.4 is 9.80 Å². The predicted molar refractivity (Wildman–Crippen MR) is 183 cm³/mol. The van der Waals surface area contributed by atoms with Crippen LogP contribution in [0.3, 0.4) is 0 Å². The van der Waals surface area contributed by atoms with E-state index in [1.807, 2.05) is 0 Å². The van der Waals surface area contributed by atoms with Gasteiger partial charge in [-0.05, 0) is 93.7 Å². The topological polar surface area (TPSA) is 6.48 Å². The van der Waals surface area contributed by atoms with E-state index in [-0.39, 0.29) is 0 Å². The van der Waals surface area contributed by atoms with E-state index in [0.717, 1.165) is 0 Å². The van der Waals surface area contributed by atoms with E-state index in [1.54, 1.807) is 0 Å². The van der Waals surface area contributed by atoms with Crippen LogP contribution in [0.4, 0.5) is 22.7 Å². The number of para-hydroxylation sites is 4. The largest absolute Gasteiger partial charge is 0.344 e. The number of fused-ring (bicyclic) bond motifs is 14. The van der Waals surface area contributed by atoms with E-state index in [9.17, 15) is 0 Å². The molecule has 0 bridgehead atoms. The van der Waals surface area contributed by atoms with Gasteiger partial charge in [0.2, 0.25) is 0 Å². The van der Waals surface area contributed by atoms with Gasteiger partial charge < -0.3 is 9.80 Å². The standard InChI is InChI=1S/C42H34N2/c1-27-15-13-21-33-39(27)40-28(2)16-14-22-34(40)42(31-19-7-11-25-37(31)44(4)38-26-12-8-20-32(38)42)41(33)29-17-5-9-23-35(29)43(3)36-24-10-6-18-30(36)41/h5-26H,1-4H3. The van der Waals surface area contributed by atoms with Crippen LogP contribution in [0.25, 0.3) is 11.1 Å². The first kappa shape index (κ1) is 25.4. The smallest absolute Gasteiger partial charge is 0.0678 e. The minimum absolute atomic E-state index is 0.567. The molecule has 0 saturated heterocycles. The Bertz CT molecular complexity index is 1900. The van der Waals surface area contributed by atoms with Crippen molar-refractivity contribution in [3.05, 3.63) is 178 Å². The maximum atomic E-state index is 2.43. The van der Waals surface area contributed by atoms with E-state index in [0.29, 0.717) is 0 Å². The summed E-state index contributed by atoms with van der Waals surface area (Å²) in [6.07, 6.45) is 0. The van der Waals surface area contributed by atoms with Gasteiger partial charge in [-0.1, -0.05) is 109 Å². The van der Waals surface area contributed by atoms with Gasteiger partial charge in [0, 0.05) is 36.8 Å². The fourth-order valence-corrected chi connectivity index (χ4v) is 9.30. The lowest BCUT2D eigenvalue weighted by Crippen LogP contribution is -2.58. The molecule has 0 saturated carbocycles. The Kier molecular flexibility index (Phi) is 5.05. The van der Waals surface area contributed by atoms with Crippen LogP contribution in [-0.4, -0.2) is 14.1 Å². The van der Waals surface area contributed by atoms with Crippen LogP contribution in [0.5, 0.6) is 0 Å². The predicted octanol–water partition coefficient (Wildman–Crippen LogP) is 9.82. The van der Waals surface area contributed by atoms with Crippen molar-refractivity contribution in [1.82, 2.24) is 0 Å². The van der Waals surface area contributed by atoms with Crippen LogP contribution in [0.15, 0.2) is 133 Å². The van der Waals surface area contributed by atoms with Crippen molar-refractivity contribution in [3.8, 4) is 11.1 Å². The molecule has 2 heterocycles. The summed E-state index contributed by atoms with van der Waals surface area (Å²) >= 11 is 0. The van der Waals surface area contributed by atoms with Crippen molar-refractivity contribution < 1.29 is 0 Å². The van der Waals surface area contributed by atoms with Gasteiger partial charge in [-0.2, -0.15) is 0 Å². The van der Waals surface area contributed by atoms with Crippen LogP contribution in [0, 0.1) is 13.8 Å². The lowest BCUT2D eigenvalue weighted by Gasteiger charge is -2.62. The van der Waals surface area contributed by atoms with Crippen LogP contribution in [0.2, 0.25) is 0 Å². The highest BCUT2D eigenvalue weighted by Crippen LogP contribution is 2.72. The minimum Gasteiger partial charge on any atom is -0.344 e. The third-order valence-electron chi connectivity index (χ3n) is 10.8. The van der Waals surface area contributed by atoms with Crippen molar-refractivity contribution in [1.29, 1.82) is 0 Å². The van der Waals surface area contributed by atoms with E-state index in [4.69, 9.17) is 0 Å². The molecule has 0 amide bonds. The summed E-state index contributed by atoms with van der Waals surface area (Å²) in [6.45, 7) is 4.59. The molecule has 44 heavy (non-hydrogen) atoms. The third kappa shape index (κ3) is 2.74. The van der Waals surface area contributed by atoms with Gasteiger partial charge >= 0.3 is 0 Å². The average Bonchev–Trinajstić information content (AvgIpc) is 3.07. The molecule has 0 atom stereocenters. The summed E-state index contributed by atoms with van der Waals surface area (Å²) in [5.74, 6) is 0. The first-order chi connectivity index (χ1) is 21.5. The van der Waals surface area contributed by atoms with E-state index in [1.165, 1.54) is 78.4 Å². The first-order valence-corrected chi connectivity index (χ1v) is 15.6. The molecule has 6 aromatic carbocycles. The second kappa shape index (κ2) is 8.74. The Morgan fingerprint density at radius 2 is 0.614 bits per heavy atom. The molecule has 2 heteroatoms. The second-order valence-electron chi connectivity index (χ2n) is 12.7. The quantitative estimate of drug-likeness (QED) is 0.181. The summed E-state index contributed by atoms with van der Waals surface area (Å²) in [6, 6.07) is 50.6. The zero-order valence-electron chi connectivity index (χ0n) is 25.6. The molecule has 0 fully saturated rings. The Labute approximate surface area is 259 Å². The van der Waals surface area contributed by atoms with Gasteiger partial charge in [0.1, 0.15) is 0 Å². The van der Waals surface area contributed by atoms with Gasteiger partial charge in [-0.25, -0.2) is 0 Å². The second-order valence-corrected chi connectivity index (χ2v) is 12.7. The summed E-state index contributed by atoms with van der Waals surface area (Å²) in [7, 11) is 4.46. The van der Waals surface area contributed by atoms with Crippen LogP contribution in [0.1, 0.15) is 44.5 Å². The lowest BCUT2D eigenvalue weighted by atomic mass is 9.41. The number of benzene rings is 6. The normalized spacial score (nSPS) is 16.0. The maximum absolute atomic E-state index is 2.43. The van der Waals surface area contributed by atoms with Gasteiger partial charge in [-0.3, -0.25) is 0 Å². The molecule has 0 unspecified atom stereocenters. The van der Waals surface area contributed by atoms with Crippen LogP contribution >= 0.6 is 0 Å². The Morgan fingerprint density at radius 3 is 0.932 bits per heavy atom. The van der Waals surface area contributed by atoms with Crippen LogP contribution in [-0.2, 0) is 10.8 Å². The zero-order chi connectivity index (χ0) is 29.8.